The van der Waals surface area contributed by atoms with Crippen LogP contribution in [-0.4, -0.2) is 52.1 Å². The van der Waals surface area contributed by atoms with E-state index in [1.165, 1.54) is 0 Å². The number of hydrogen-bond donors (Lipinski definition) is 2. The van der Waals surface area contributed by atoms with E-state index < -0.39 is 17.4 Å². The van der Waals surface area contributed by atoms with Crippen molar-refractivity contribution in [2.45, 2.75) is 45.4 Å². The second kappa shape index (κ2) is 6.50. The van der Waals surface area contributed by atoms with Gasteiger partial charge in [-0.25, -0.2) is 9.59 Å². The van der Waals surface area contributed by atoms with E-state index in [0.717, 1.165) is 12.2 Å². The van der Waals surface area contributed by atoms with Gasteiger partial charge in [0.25, 0.3) is 0 Å². The zero-order valence-electron chi connectivity index (χ0n) is 12.1. The van der Waals surface area contributed by atoms with Gasteiger partial charge in [-0.1, -0.05) is 27.7 Å². The molecule has 0 bridgehead atoms. The van der Waals surface area contributed by atoms with Crippen molar-refractivity contribution in [3.05, 3.63) is 0 Å². The van der Waals surface area contributed by atoms with E-state index in [-0.39, 0.29) is 6.03 Å². The Morgan fingerprint density at radius 2 is 2.11 bits per heavy atom. The lowest BCUT2D eigenvalue weighted by Gasteiger charge is -2.35. The molecular formula is C13H24N2O3S. The Hall–Kier alpha value is -0.910. The van der Waals surface area contributed by atoms with E-state index in [4.69, 9.17) is 0 Å². The van der Waals surface area contributed by atoms with Crippen LogP contribution in [0.2, 0.25) is 0 Å². The second-order valence-electron chi connectivity index (χ2n) is 5.93. The van der Waals surface area contributed by atoms with Crippen molar-refractivity contribution >= 4 is 23.8 Å². The zero-order chi connectivity index (χ0) is 14.6. The van der Waals surface area contributed by atoms with Gasteiger partial charge in [0.05, 0.1) is 0 Å². The Balaban J connectivity index is 2.64. The standard InChI is InChI=1S/C13H24N2O3S/c1-5-9-8-15(6-7-19-9)12(18)14-10(11(16)17)13(2,3)4/h9-10H,5-8H2,1-4H3,(H,14,18)(H,16,17). The highest BCUT2D eigenvalue weighted by Crippen LogP contribution is 2.23. The summed E-state index contributed by atoms with van der Waals surface area (Å²) in [5.41, 5.74) is -0.504. The molecule has 0 aliphatic carbocycles. The van der Waals surface area contributed by atoms with Crippen molar-refractivity contribution in [3.63, 3.8) is 0 Å². The van der Waals surface area contributed by atoms with E-state index in [1.54, 1.807) is 4.90 Å². The fourth-order valence-electron chi connectivity index (χ4n) is 2.01. The summed E-state index contributed by atoms with van der Waals surface area (Å²) in [6, 6.07) is -1.13. The predicted octanol–water partition coefficient (Wildman–Crippen LogP) is 2.02. The molecule has 2 amide bonds. The molecule has 0 spiro atoms. The highest BCUT2D eigenvalue weighted by molar-refractivity contribution is 8.00. The molecule has 2 unspecified atom stereocenters. The molecule has 0 aromatic carbocycles. The number of aliphatic carboxylic acids is 1. The highest BCUT2D eigenvalue weighted by atomic mass is 32.2. The number of carboxylic acid groups (broad SMARTS) is 1. The summed E-state index contributed by atoms with van der Waals surface area (Å²) in [6.07, 6.45) is 1.02. The van der Waals surface area contributed by atoms with E-state index >= 15 is 0 Å². The average molecular weight is 288 g/mol. The van der Waals surface area contributed by atoms with Crippen LogP contribution in [0.5, 0.6) is 0 Å². The number of amides is 2. The van der Waals surface area contributed by atoms with Gasteiger partial charge in [0.15, 0.2) is 0 Å². The van der Waals surface area contributed by atoms with E-state index in [0.29, 0.717) is 18.3 Å². The Bertz CT molecular complexity index is 341. The molecule has 1 fully saturated rings. The van der Waals surface area contributed by atoms with Crippen LogP contribution in [0, 0.1) is 5.41 Å². The molecule has 2 N–H and O–H groups in total. The predicted molar refractivity (Wildman–Crippen MR) is 77.5 cm³/mol. The highest BCUT2D eigenvalue weighted by Gasteiger charge is 2.34. The third-order valence-electron chi connectivity index (χ3n) is 3.26. The maximum Gasteiger partial charge on any atom is 0.326 e. The zero-order valence-corrected chi connectivity index (χ0v) is 12.9. The van der Waals surface area contributed by atoms with Gasteiger partial charge in [0.1, 0.15) is 6.04 Å². The van der Waals surface area contributed by atoms with Gasteiger partial charge in [-0.05, 0) is 11.8 Å². The molecule has 6 heteroatoms. The summed E-state index contributed by atoms with van der Waals surface area (Å²) in [6.45, 7) is 8.92. The van der Waals surface area contributed by atoms with Crippen LogP contribution in [0.15, 0.2) is 0 Å². The number of carbonyl (C=O) groups excluding carboxylic acids is 1. The van der Waals surface area contributed by atoms with Crippen molar-refractivity contribution < 1.29 is 14.7 Å². The first-order chi connectivity index (χ1) is 8.75. The molecule has 0 saturated carbocycles. The van der Waals surface area contributed by atoms with Gasteiger partial charge in [0, 0.05) is 24.1 Å². The number of nitrogens with one attached hydrogen (secondary N) is 1. The smallest absolute Gasteiger partial charge is 0.326 e. The molecule has 0 aromatic rings. The molecule has 1 aliphatic rings. The number of rotatable bonds is 3. The lowest BCUT2D eigenvalue weighted by atomic mass is 9.87. The van der Waals surface area contributed by atoms with E-state index in [1.807, 2.05) is 32.5 Å². The Morgan fingerprint density at radius 3 is 2.58 bits per heavy atom. The summed E-state index contributed by atoms with van der Waals surface area (Å²) in [5, 5.41) is 12.3. The number of urea groups is 1. The summed E-state index contributed by atoms with van der Waals surface area (Å²) in [4.78, 5) is 25.1. The lowest BCUT2D eigenvalue weighted by molar-refractivity contribution is -0.142. The van der Waals surface area contributed by atoms with Gasteiger partial charge >= 0.3 is 12.0 Å². The van der Waals surface area contributed by atoms with Crippen LogP contribution in [0.4, 0.5) is 4.79 Å². The average Bonchev–Trinajstić information content (AvgIpc) is 2.33. The van der Waals surface area contributed by atoms with E-state index in [9.17, 15) is 14.7 Å². The third kappa shape index (κ3) is 4.60. The van der Waals surface area contributed by atoms with Gasteiger partial charge < -0.3 is 15.3 Å². The molecule has 110 valence electrons. The first-order valence-corrected chi connectivity index (χ1v) is 7.70. The molecule has 1 saturated heterocycles. The maximum atomic E-state index is 12.2. The molecule has 0 aromatic heterocycles. The second-order valence-corrected chi connectivity index (χ2v) is 7.34. The fraction of sp³-hybridized carbons (Fsp3) is 0.846. The molecule has 1 rings (SSSR count). The van der Waals surface area contributed by atoms with Crippen LogP contribution in [0.1, 0.15) is 34.1 Å². The van der Waals surface area contributed by atoms with Crippen molar-refractivity contribution in [1.29, 1.82) is 0 Å². The first-order valence-electron chi connectivity index (χ1n) is 6.65. The van der Waals surface area contributed by atoms with Gasteiger partial charge in [-0.3, -0.25) is 0 Å². The largest absolute Gasteiger partial charge is 0.480 e. The van der Waals surface area contributed by atoms with Gasteiger partial charge in [0.2, 0.25) is 0 Å². The maximum absolute atomic E-state index is 12.2. The van der Waals surface area contributed by atoms with Crippen LogP contribution < -0.4 is 5.32 Å². The molecule has 1 heterocycles. The molecule has 1 aliphatic heterocycles. The van der Waals surface area contributed by atoms with Crippen LogP contribution in [0.3, 0.4) is 0 Å². The molecule has 2 atom stereocenters. The minimum absolute atomic E-state index is 0.263. The normalized spacial score (nSPS) is 21.9. The van der Waals surface area contributed by atoms with Crippen molar-refractivity contribution in [2.75, 3.05) is 18.8 Å². The SMILES string of the molecule is CCC1CN(C(=O)NC(C(=O)O)C(C)(C)C)CCS1. The Kier molecular flexibility index (Phi) is 5.52. The third-order valence-corrected chi connectivity index (χ3v) is 4.63. The topological polar surface area (TPSA) is 69.6 Å². The summed E-state index contributed by atoms with van der Waals surface area (Å²) < 4.78 is 0. The molecule has 19 heavy (non-hydrogen) atoms. The number of carbonyl (C=O) groups is 2. The summed E-state index contributed by atoms with van der Waals surface area (Å²) in [7, 11) is 0. The number of thioether (sulfide) groups is 1. The number of hydrogen-bond acceptors (Lipinski definition) is 3. The molecule has 5 nitrogen and oxygen atoms in total. The summed E-state index contributed by atoms with van der Waals surface area (Å²) in [5.74, 6) is -0.0709. The van der Waals surface area contributed by atoms with Crippen molar-refractivity contribution in [3.8, 4) is 0 Å². The minimum atomic E-state index is -0.987. The lowest BCUT2D eigenvalue weighted by Crippen LogP contribution is -2.55. The number of carboxylic acids is 1. The van der Waals surface area contributed by atoms with Gasteiger partial charge in [-0.2, -0.15) is 11.8 Å². The van der Waals surface area contributed by atoms with Gasteiger partial charge in [-0.15, -0.1) is 0 Å². The van der Waals surface area contributed by atoms with Crippen LogP contribution in [0.25, 0.3) is 0 Å². The monoisotopic (exact) mass is 288 g/mol. The fourth-order valence-corrected chi connectivity index (χ4v) is 3.19. The van der Waals surface area contributed by atoms with Crippen molar-refractivity contribution in [2.24, 2.45) is 5.41 Å². The van der Waals surface area contributed by atoms with Crippen LogP contribution >= 0.6 is 11.8 Å². The minimum Gasteiger partial charge on any atom is -0.480 e. The van der Waals surface area contributed by atoms with Crippen LogP contribution in [-0.2, 0) is 4.79 Å². The summed E-state index contributed by atoms with van der Waals surface area (Å²) >= 11 is 1.88. The first kappa shape index (κ1) is 16.1. The Labute approximate surface area is 119 Å². The quantitative estimate of drug-likeness (QED) is 0.833. The Morgan fingerprint density at radius 1 is 1.47 bits per heavy atom. The number of nitrogens with zero attached hydrogens (tertiary/aromatic N) is 1. The van der Waals surface area contributed by atoms with E-state index in [2.05, 4.69) is 12.2 Å². The molecular weight excluding hydrogens is 264 g/mol. The molecule has 0 radical (unpaired) electrons. The van der Waals surface area contributed by atoms with Crippen molar-refractivity contribution in [1.82, 2.24) is 10.2 Å².